The first-order valence-electron chi connectivity index (χ1n) is 4.92. The fourth-order valence-corrected chi connectivity index (χ4v) is 1.32. The van der Waals surface area contributed by atoms with Gasteiger partial charge in [0.1, 0.15) is 22.7 Å². The predicted molar refractivity (Wildman–Crippen MR) is 58.3 cm³/mol. The van der Waals surface area contributed by atoms with Gasteiger partial charge >= 0.3 is 0 Å². The Morgan fingerprint density at radius 1 is 1.25 bits per heavy atom. The molecule has 0 saturated heterocycles. The summed E-state index contributed by atoms with van der Waals surface area (Å²) in [4.78, 5) is 0. The molecule has 0 radical (unpaired) electrons. The summed E-state index contributed by atoms with van der Waals surface area (Å²) in [6, 6.07) is 6.81. The van der Waals surface area contributed by atoms with Crippen molar-refractivity contribution in [2.75, 3.05) is 0 Å². The minimum Gasteiger partial charge on any atom is -0.506 e. The highest BCUT2D eigenvalue weighted by atomic mass is 16.3. The molecule has 5 nitrogen and oxygen atoms in total. The Bertz CT molecular complexity index is 500. The van der Waals surface area contributed by atoms with Crippen molar-refractivity contribution in [1.29, 1.82) is 0 Å². The highest BCUT2D eigenvalue weighted by Gasteiger charge is 2.20. The van der Waals surface area contributed by atoms with Gasteiger partial charge in [0.05, 0.1) is 6.20 Å². The third kappa shape index (κ3) is 1.90. The molecule has 0 atom stereocenters. The molecular formula is C11H13N3O2. The van der Waals surface area contributed by atoms with E-state index in [0.29, 0.717) is 11.4 Å². The average molecular weight is 219 g/mol. The van der Waals surface area contributed by atoms with Crippen LogP contribution in [0.3, 0.4) is 0 Å². The summed E-state index contributed by atoms with van der Waals surface area (Å²) >= 11 is 0. The molecule has 1 aromatic heterocycles. The SMILES string of the molecule is CC(C)(O)c1cn(-c2ccccc2O)nn1. The van der Waals surface area contributed by atoms with Crippen LogP contribution in [0.5, 0.6) is 5.75 Å². The number of aromatic nitrogens is 3. The Hall–Kier alpha value is -1.88. The number of phenolic OH excluding ortho intramolecular Hbond substituents is 1. The second kappa shape index (κ2) is 3.61. The molecule has 0 bridgehead atoms. The van der Waals surface area contributed by atoms with E-state index in [-0.39, 0.29) is 5.75 Å². The van der Waals surface area contributed by atoms with E-state index in [2.05, 4.69) is 10.3 Å². The van der Waals surface area contributed by atoms with Gasteiger partial charge in [0.15, 0.2) is 0 Å². The van der Waals surface area contributed by atoms with Crippen molar-refractivity contribution in [3.8, 4) is 11.4 Å². The van der Waals surface area contributed by atoms with E-state index in [4.69, 9.17) is 0 Å². The van der Waals surface area contributed by atoms with Crippen molar-refractivity contribution in [2.24, 2.45) is 0 Å². The van der Waals surface area contributed by atoms with Gasteiger partial charge in [0.25, 0.3) is 0 Å². The van der Waals surface area contributed by atoms with E-state index in [1.807, 2.05) is 0 Å². The summed E-state index contributed by atoms with van der Waals surface area (Å²) in [5, 5.41) is 27.1. The van der Waals surface area contributed by atoms with Crippen LogP contribution < -0.4 is 0 Å². The number of para-hydroxylation sites is 2. The van der Waals surface area contributed by atoms with Crippen LogP contribution in [0.15, 0.2) is 30.5 Å². The van der Waals surface area contributed by atoms with Crippen LogP contribution in [-0.2, 0) is 5.60 Å². The molecule has 0 aliphatic rings. The third-order valence-electron chi connectivity index (χ3n) is 2.25. The number of phenols is 1. The summed E-state index contributed by atoms with van der Waals surface area (Å²) in [6.07, 6.45) is 1.59. The fraction of sp³-hybridized carbons (Fsp3) is 0.273. The molecule has 2 N–H and O–H groups in total. The minimum atomic E-state index is -1.04. The van der Waals surface area contributed by atoms with Crippen LogP contribution in [0, 0.1) is 0 Å². The molecule has 0 aliphatic heterocycles. The van der Waals surface area contributed by atoms with E-state index < -0.39 is 5.60 Å². The quantitative estimate of drug-likeness (QED) is 0.796. The van der Waals surface area contributed by atoms with Crippen LogP contribution in [0.2, 0.25) is 0 Å². The van der Waals surface area contributed by atoms with Crippen LogP contribution in [0.25, 0.3) is 5.69 Å². The number of aromatic hydroxyl groups is 1. The first-order chi connectivity index (χ1) is 7.48. The van der Waals surface area contributed by atoms with Gasteiger partial charge in [-0.1, -0.05) is 17.3 Å². The van der Waals surface area contributed by atoms with Gasteiger partial charge in [-0.15, -0.1) is 5.10 Å². The lowest BCUT2D eigenvalue weighted by atomic mass is 10.1. The molecule has 0 fully saturated rings. The lowest BCUT2D eigenvalue weighted by Gasteiger charge is -2.11. The molecule has 0 spiro atoms. The Kier molecular flexibility index (Phi) is 2.40. The monoisotopic (exact) mass is 219 g/mol. The summed E-state index contributed by atoms with van der Waals surface area (Å²) < 4.78 is 1.43. The average Bonchev–Trinajstić information content (AvgIpc) is 2.66. The number of hydrogen-bond donors (Lipinski definition) is 2. The maximum absolute atomic E-state index is 9.74. The van der Waals surface area contributed by atoms with Gasteiger partial charge < -0.3 is 10.2 Å². The third-order valence-corrected chi connectivity index (χ3v) is 2.25. The van der Waals surface area contributed by atoms with E-state index >= 15 is 0 Å². The Balaban J connectivity index is 2.44. The summed E-state index contributed by atoms with van der Waals surface area (Å²) in [5.74, 6) is 0.120. The second-order valence-corrected chi connectivity index (χ2v) is 4.10. The first-order valence-corrected chi connectivity index (χ1v) is 4.92. The van der Waals surface area contributed by atoms with Crippen molar-refractivity contribution >= 4 is 0 Å². The molecule has 1 aromatic carbocycles. The van der Waals surface area contributed by atoms with Gasteiger partial charge in [0, 0.05) is 0 Å². The Labute approximate surface area is 93.0 Å². The normalized spacial score (nSPS) is 11.7. The second-order valence-electron chi connectivity index (χ2n) is 4.10. The highest BCUT2D eigenvalue weighted by Crippen LogP contribution is 2.22. The van der Waals surface area contributed by atoms with Gasteiger partial charge in [-0.2, -0.15) is 0 Å². The topological polar surface area (TPSA) is 71.2 Å². The molecule has 16 heavy (non-hydrogen) atoms. The zero-order valence-corrected chi connectivity index (χ0v) is 9.12. The molecule has 2 aromatic rings. The number of hydrogen-bond acceptors (Lipinski definition) is 4. The number of nitrogens with zero attached hydrogens (tertiary/aromatic N) is 3. The van der Waals surface area contributed by atoms with Crippen LogP contribution >= 0.6 is 0 Å². The summed E-state index contributed by atoms with van der Waals surface area (Å²) in [6.45, 7) is 3.26. The first kappa shape index (κ1) is 10.6. The highest BCUT2D eigenvalue weighted by molar-refractivity contribution is 5.44. The van der Waals surface area contributed by atoms with Crippen molar-refractivity contribution in [3.05, 3.63) is 36.2 Å². The van der Waals surface area contributed by atoms with E-state index in [0.717, 1.165) is 0 Å². The van der Waals surface area contributed by atoms with Gasteiger partial charge in [-0.3, -0.25) is 0 Å². The maximum Gasteiger partial charge on any atom is 0.141 e. The molecule has 2 rings (SSSR count). The molecule has 0 amide bonds. The van der Waals surface area contributed by atoms with Crippen molar-refractivity contribution in [1.82, 2.24) is 15.0 Å². The zero-order chi connectivity index (χ0) is 11.8. The van der Waals surface area contributed by atoms with Crippen LogP contribution in [0.4, 0.5) is 0 Å². The molecule has 5 heteroatoms. The summed E-state index contributed by atoms with van der Waals surface area (Å²) in [5.41, 5.74) is -0.0518. The number of aliphatic hydroxyl groups is 1. The maximum atomic E-state index is 9.74. The molecule has 84 valence electrons. The molecule has 0 aliphatic carbocycles. The van der Waals surface area contributed by atoms with Crippen molar-refractivity contribution in [3.63, 3.8) is 0 Å². The van der Waals surface area contributed by atoms with Gasteiger partial charge in [0.2, 0.25) is 0 Å². The Morgan fingerprint density at radius 2 is 1.94 bits per heavy atom. The number of benzene rings is 1. The van der Waals surface area contributed by atoms with Crippen LogP contribution in [0.1, 0.15) is 19.5 Å². The van der Waals surface area contributed by atoms with Gasteiger partial charge in [-0.25, -0.2) is 4.68 Å². The standard InChI is InChI=1S/C11H13N3O2/c1-11(2,16)10-7-14(13-12-10)8-5-3-4-6-9(8)15/h3-7,15-16H,1-2H3. The lowest BCUT2D eigenvalue weighted by molar-refractivity contribution is 0.0737. The van der Waals surface area contributed by atoms with Crippen molar-refractivity contribution in [2.45, 2.75) is 19.4 Å². The summed E-state index contributed by atoms with van der Waals surface area (Å²) in [7, 11) is 0. The van der Waals surface area contributed by atoms with E-state index in [1.54, 1.807) is 44.3 Å². The zero-order valence-electron chi connectivity index (χ0n) is 9.12. The molecule has 1 heterocycles. The number of rotatable bonds is 2. The van der Waals surface area contributed by atoms with Crippen molar-refractivity contribution < 1.29 is 10.2 Å². The molecule has 0 unspecified atom stereocenters. The predicted octanol–water partition coefficient (Wildman–Crippen LogP) is 1.20. The lowest BCUT2D eigenvalue weighted by Crippen LogP contribution is -2.15. The molecular weight excluding hydrogens is 206 g/mol. The minimum absolute atomic E-state index is 0.120. The molecule has 0 saturated carbocycles. The van der Waals surface area contributed by atoms with Gasteiger partial charge in [-0.05, 0) is 26.0 Å². The smallest absolute Gasteiger partial charge is 0.141 e. The van der Waals surface area contributed by atoms with Crippen LogP contribution in [-0.4, -0.2) is 25.2 Å². The Morgan fingerprint density at radius 3 is 2.50 bits per heavy atom. The fourth-order valence-electron chi connectivity index (χ4n) is 1.32. The van der Waals surface area contributed by atoms with E-state index in [9.17, 15) is 10.2 Å². The largest absolute Gasteiger partial charge is 0.506 e. The van der Waals surface area contributed by atoms with E-state index in [1.165, 1.54) is 4.68 Å².